The van der Waals surface area contributed by atoms with Crippen molar-refractivity contribution in [2.24, 2.45) is 0 Å². The maximum atomic E-state index is 10.6. The first-order valence-corrected chi connectivity index (χ1v) is 13.0. The number of rotatable bonds is 5. The SMILES string of the molecule is O=C(O)C(F)(F)F.O=C(O)C(F)(F)F.O=C(O)C(F)(F)F.c1cncc(CO[C@H]2C[C@@H]3CN(Cc4ccsc4)CCN3C2)c1. The van der Waals surface area contributed by atoms with Crippen LogP contribution in [0.5, 0.6) is 0 Å². The van der Waals surface area contributed by atoms with Gasteiger partial charge in [0.2, 0.25) is 0 Å². The van der Waals surface area contributed by atoms with Crippen molar-refractivity contribution in [2.75, 3.05) is 26.2 Å². The van der Waals surface area contributed by atoms with Gasteiger partial charge in [0, 0.05) is 51.2 Å². The largest absolute Gasteiger partial charge is 0.490 e. The van der Waals surface area contributed by atoms with Gasteiger partial charge in [0.05, 0.1) is 12.7 Å². The third-order valence-corrected chi connectivity index (χ3v) is 6.32. The van der Waals surface area contributed by atoms with Crippen LogP contribution < -0.4 is 0 Å². The van der Waals surface area contributed by atoms with Crippen LogP contribution in [0.15, 0.2) is 41.4 Å². The van der Waals surface area contributed by atoms with Gasteiger partial charge in [0.25, 0.3) is 0 Å². The van der Waals surface area contributed by atoms with Crippen molar-refractivity contribution >= 4 is 29.2 Å². The highest BCUT2D eigenvalue weighted by atomic mass is 32.1. The van der Waals surface area contributed by atoms with E-state index < -0.39 is 36.4 Å². The number of nitrogens with zero attached hydrogens (tertiary/aromatic N) is 3. The number of thiophene rings is 1. The number of hydrogen-bond acceptors (Lipinski definition) is 8. The highest BCUT2D eigenvalue weighted by Crippen LogP contribution is 2.26. The second-order valence-corrected chi connectivity index (χ2v) is 9.73. The smallest absolute Gasteiger partial charge is 0.475 e. The molecule has 3 N–H and O–H groups in total. The summed E-state index contributed by atoms with van der Waals surface area (Å²) in [4.78, 5) is 36.0. The molecule has 0 saturated carbocycles. The fraction of sp³-hybridized carbons (Fsp3) is 0.500. The van der Waals surface area contributed by atoms with Crippen molar-refractivity contribution in [1.29, 1.82) is 0 Å². The molecule has 10 nitrogen and oxygen atoms in total. The number of pyridine rings is 1. The lowest BCUT2D eigenvalue weighted by Gasteiger charge is -2.37. The number of aliphatic carboxylic acids is 3. The molecule has 0 radical (unpaired) electrons. The predicted molar refractivity (Wildman–Crippen MR) is 133 cm³/mol. The van der Waals surface area contributed by atoms with Crippen LogP contribution in [0.4, 0.5) is 39.5 Å². The summed E-state index contributed by atoms with van der Waals surface area (Å²) in [6.07, 6.45) is -10.0. The molecule has 4 rings (SSSR count). The van der Waals surface area contributed by atoms with Crippen LogP contribution >= 0.6 is 11.3 Å². The van der Waals surface area contributed by atoms with Gasteiger partial charge in [-0.05, 0) is 40.4 Å². The molecule has 0 bridgehead atoms. The summed E-state index contributed by atoms with van der Waals surface area (Å²) < 4.78 is 101. The number of fused-ring (bicyclic) bond motifs is 1. The van der Waals surface area contributed by atoms with Gasteiger partial charge >= 0.3 is 36.4 Å². The van der Waals surface area contributed by atoms with Gasteiger partial charge in [0.1, 0.15) is 0 Å². The van der Waals surface area contributed by atoms with Crippen LogP contribution in [-0.4, -0.2) is 105 Å². The van der Waals surface area contributed by atoms with Gasteiger partial charge in [0.15, 0.2) is 0 Å². The molecule has 0 aliphatic carbocycles. The summed E-state index contributed by atoms with van der Waals surface area (Å²) >= 11 is 1.79. The average Bonchev–Trinajstić information content (AvgIpc) is 3.57. The fourth-order valence-corrected chi connectivity index (χ4v) is 4.32. The lowest BCUT2D eigenvalue weighted by atomic mass is 10.1. The number of piperazine rings is 1. The maximum absolute atomic E-state index is 10.6. The zero-order valence-corrected chi connectivity index (χ0v) is 23.1. The second-order valence-electron chi connectivity index (χ2n) is 8.95. The minimum absolute atomic E-state index is 0.362. The van der Waals surface area contributed by atoms with E-state index in [9.17, 15) is 39.5 Å². The number of aromatic nitrogens is 1. The number of ether oxygens (including phenoxy) is 1. The summed E-state index contributed by atoms with van der Waals surface area (Å²) in [6.45, 7) is 6.36. The normalized spacial score (nSPS) is 18.8. The zero-order valence-electron chi connectivity index (χ0n) is 22.3. The molecule has 20 heteroatoms. The molecule has 2 aliphatic heterocycles. The Kier molecular flexibility index (Phi) is 15.0. The lowest BCUT2D eigenvalue weighted by Crippen LogP contribution is -2.49. The van der Waals surface area contributed by atoms with Gasteiger partial charge in [-0.15, -0.1) is 0 Å². The maximum Gasteiger partial charge on any atom is 0.490 e. The van der Waals surface area contributed by atoms with Crippen molar-refractivity contribution < 1.29 is 74.0 Å². The van der Waals surface area contributed by atoms with Crippen LogP contribution in [0.1, 0.15) is 17.5 Å². The van der Waals surface area contributed by atoms with Gasteiger partial charge < -0.3 is 20.1 Å². The zero-order chi connectivity index (χ0) is 33.7. The predicted octanol–water partition coefficient (Wildman–Crippen LogP) is 4.52. The third-order valence-electron chi connectivity index (χ3n) is 5.58. The van der Waals surface area contributed by atoms with Crippen molar-refractivity contribution in [3.63, 3.8) is 0 Å². The number of alkyl halides is 9. The van der Waals surface area contributed by atoms with Crippen molar-refractivity contribution in [2.45, 2.75) is 50.2 Å². The molecular weight excluding hydrogens is 645 g/mol. The molecule has 2 aromatic rings. The van der Waals surface area contributed by atoms with Crippen LogP contribution in [0, 0.1) is 0 Å². The summed E-state index contributed by atoms with van der Waals surface area (Å²) in [6, 6.07) is 6.95. The van der Waals surface area contributed by atoms with Gasteiger partial charge in [-0.1, -0.05) is 6.07 Å². The van der Waals surface area contributed by atoms with Crippen molar-refractivity contribution in [1.82, 2.24) is 14.8 Å². The number of hydrogen-bond donors (Lipinski definition) is 3. The van der Waals surface area contributed by atoms with E-state index in [0.29, 0.717) is 18.8 Å². The Morgan fingerprint density at radius 2 is 1.41 bits per heavy atom. The second kappa shape index (κ2) is 17.1. The minimum atomic E-state index is -5.08. The molecule has 2 aliphatic rings. The standard InChI is InChI=1S/C18H23N3OS.3C2HF3O2/c1-2-15(9-19-4-1)13-22-18-8-17-11-20(5-6-21(17)12-18)10-16-3-7-23-14-16;3*3-2(4,5)1(6)7/h1-4,7,9,14,17-18H,5-6,8,10-13H2;3*(H,6,7)/t17-,18+;;;/m1.../s1. The molecule has 0 unspecified atom stereocenters. The Morgan fingerprint density at radius 3 is 1.84 bits per heavy atom. The fourth-order valence-electron chi connectivity index (χ4n) is 3.66. The Balaban J connectivity index is 0.000000379. The Labute approximate surface area is 247 Å². The van der Waals surface area contributed by atoms with E-state index >= 15 is 0 Å². The molecule has 4 heterocycles. The molecule has 0 amide bonds. The van der Waals surface area contributed by atoms with E-state index in [0.717, 1.165) is 25.1 Å². The van der Waals surface area contributed by atoms with Gasteiger partial charge in [-0.3, -0.25) is 14.8 Å². The summed E-state index contributed by atoms with van der Waals surface area (Å²) in [5, 5.41) is 25.8. The molecule has 2 saturated heterocycles. The average molecular weight is 672 g/mol. The summed E-state index contributed by atoms with van der Waals surface area (Å²) in [5.74, 6) is -8.27. The topological polar surface area (TPSA) is 140 Å². The highest BCUT2D eigenvalue weighted by molar-refractivity contribution is 7.07. The van der Waals surface area contributed by atoms with Crippen LogP contribution in [0.3, 0.4) is 0 Å². The molecule has 2 fully saturated rings. The molecule has 44 heavy (non-hydrogen) atoms. The van der Waals surface area contributed by atoms with Crippen LogP contribution in [0.2, 0.25) is 0 Å². The number of carboxylic acid groups (broad SMARTS) is 3. The highest BCUT2D eigenvalue weighted by Gasteiger charge is 2.39. The summed E-state index contributed by atoms with van der Waals surface area (Å²) in [5.41, 5.74) is 2.61. The van der Waals surface area contributed by atoms with E-state index in [1.54, 1.807) is 17.5 Å². The molecule has 2 aromatic heterocycles. The Bertz CT molecular complexity index is 1110. The van der Waals surface area contributed by atoms with Crippen molar-refractivity contribution in [3.8, 4) is 0 Å². The third kappa shape index (κ3) is 15.3. The number of halogens is 9. The first kappa shape index (κ1) is 38.5. The quantitative estimate of drug-likeness (QED) is 0.389. The van der Waals surface area contributed by atoms with Crippen molar-refractivity contribution in [3.05, 3.63) is 52.5 Å². The molecule has 248 valence electrons. The molecule has 0 spiro atoms. The minimum Gasteiger partial charge on any atom is -0.475 e. The van der Waals surface area contributed by atoms with E-state index in [2.05, 4.69) is 37.7 Å². The summed E-state index contributed by atoms with van der Waals surface area (Å²) in [7, 11) is 0. The lowest BCUT2D eigenvalue weighted by molar-refractivity contribution is -0.193. The Hall–Kier alpha value is -3.49. The molecule has 0 aromatic carbocycles. The van der Waals surface area contributed by atoms with Gasteiger partial charge in [-0.25, -0.2) is 14.4 Å². The van der Waals surface area contributed by atoms with E-state index in [4.69, 9.17) is 34.4 Å². The number of carbonyl (C=O) groups is 3. The van der Waals surface area contributed by atoms with E-state index in [-0.39, 0.29) is 0 Å². The number of carboxylic acids is 3. The van der Waals surface area contributed by atoms with E-state index in [1.807, 2.05) is 12.3 Å². The van der Waals surface area contributed by atoms with Gasteiger partial charge in [-0.2, -0.15) is 50.9 Å². The van der Waals surface area contributed by atoms with Crippen LogP contribution in [0.25, 0.3) is 0 Å². The van der Waals surface area contributed by atoms with E-state index in [1.165, 1.54) is 25.2 Å². The first-order valence-electron chi connectivity index (χ1n) is 12.1. The molecular formula is C24H26F9N3O7S. The first-order chi connectivity index (χ1) is 20.2. The monoisotopic (exact) mass is 671 g/mol. The molecule has 2 atom stereocenters. The van der Waals surface area contributed by atoms with Crippen LogP contribution in [-0.2, 0) is 32.3 Å². The Morgan fingerprint density at radius 1 is 0.864 bits per heavy atom.